The van der Waals surface area contributed by atoms with Gasteiger partial charge < -0.3 is 21.5 Å². The van der Waals surface area contributed by atoms with Crippen LogP contribution in [0.3, 0.4) is 0 Å². The van der Waals surface area contributed by atoms with Crippen LogP contribution in [0.25, 0.3) is 0 Å². The maximum atomic E-state index is 11.5. The highest BCUT2D eigenvalue weighted by molar-refractivity contribution is 7.80. The molecule has 1 aromatic rings. The van der Waals surface area contributed by atoms with Gasteiger partial charge in [-0.05, 0) is 29.9 Å². The van der Waals surface area contributed by atoms with Crippen LogP contribution in [0.15, 0.2) is 36.5 Å². The smallest absolute Gasteiger partial charge is 0.228 e. The highest BCUT2D eigenvalue weighted by atomic mass is 32.1. The quantitative estimate of drug-likeness (QED) is 0.585. The van der Waals surface area contributed by atoms with Gasteiger partial charge in [-0.3, -0.25) is 4.79 Å². The number of nitrogens with one attached hydrogen (secondary N) is 2. The lowest BCUT2D eigenvalue weighted by molar-refractivity contribution is -0.121. The van der Waals surface area contributed by atoms with Crippen molar-refractivity contribution in [2.75, 3.05) is 0 Å². The topological polar surface area (TPSA) is 87.4 Å². The lowest BCUT2D eigenvalue weighted by Gasteiger charge is -2.34. The van der Waals surface area contributed by atoms with Crippen molar-refractivity contribution in [1.29, 1.82) is 0 Å². The molecular weight excluding hydrogens is 250 g/mol. The van der Waals surface area contributed by atoms with Gasteiger partial charge in [0.25, 0.3) is 0 Å². The molecule has 0 aromatic heterocycles. The lowest BCUT2D eigenvalue weighted by Crippen LogP contribution is -2.52. The summed E-state index contributed by atoms with van der Waals surface area (Å²) in [5.41, 5.74) is 6.67. The first-order valence-corrected chi connectivity index (χ1v) is 5.74. The summed E-state index contributed by atoms with van der Waals surface area (Å²) in [6, 6.07) is 6.14. The number of rotatable bonds is 2. The van der Waals surface area contributed by atoms with E-state index >= 15 is 0 Å². The van der Waals surface area contributed by atoms with E-state index in [1.165, 1.54) is 0 Å². The van der Waals surface area contributed by atoms with E-state index in [1.54, 1.807) is 24.3 Å². The monoisotopic (exact) mass is 263 g/mol. The SMILES string of the molecule is C=C1NC(=S)NC(c2ccc(O)cc2)C1C(N)=O. The van der Waals surface area contributed by atoms with Gasteiger partial charge in [0.1, 0.15) is 11.7 Å². The number of hydrogen-bond donors (Lipinski definition) is 4. The largest absolute Gasteiger partial charge is 0.508 e. The Morgan fingerprint density at radius 2 is 2.00 bits per heavy atom. The zero-order chi connectivity index (χ0) is 13.3. The third kappa shape index (κ3) is 2.28. The fourth-order valence-electron chi connectivity index (χ4n) is 1.98. The molecule has 0 saturated carbocycles. The predicted octanol–water partition coefficient (Wildman–Crippen LogP) is 0.526. The first-order chi connectivity index (χ1) is 8.49. The van der Waals surface area contributed by atoms with Crippen LogP contribution >= 0.6 is 12.2 Å². The summed E-state index contributed by atoms with van der Waals surface area (Å²) in [7, 11) is 0. The van der Waals surface area contributed by atoms with Gasteiger partial charge in [-0.15, -0.1) is 0 Å². The average molecular weight is 263 g/mol. The molecule has 1 aliphatic rings. The van der Waals surface area contributed by atoms with E-state index in [9.17, 15) is 9.90 Å². The standard InChI is InChI=1S/C12H13N3O2S/c1-6-9(11(13)17)10(15-12(18)14-6)7-2-4-8(16)5-3-7/h2-5,9-10,16H,1H2,(H2,13,17)(H2,14,15,18). The van der Waals surface area contributed by atoms with Crippen molar-refractivity contribution < 1.29 is 9.90 Å². The number of carbonyl (C=O) groups is 1. The number of nitrogens with two attached hydrogens (primary N) is 1. The molecule has 2 atom stereocenters. The van der Waals surface area contributed by atoms with Crippen molar-refractivity contribution >= 4 is 23.2 Å². The van der Waals surface area contributed by atoms with Gasteiger partial charge in [0, 0.05) is 5.70 Å². The molecule has 2 rings (SSSR count). The van der Waals surface area contributed by atoms with E-state index in [0.717, 1.165) is 5.56 Å². The zero-order valence-corrected chi connectivity index (χ0v) is 10.3. The van der Waals surface area contributed by atoms with Crippen LogP contribution in [0.1, 0.15) is 11.6 Å². The molecule has 0 aliphatic carbocycles. The number of phenolic OH excluding ortho intramolecular Hbond substituents is 1. The van der Waals surface area contributed by atoms with E-state index in [2.05, 4.69) is 17.2 Å². The van der Waals surface area contributed by atoms with Crippen molar-refractivity contribution in [2.45, 2.75) is 6.04 Å². The number of primary amides is 1. The van der Waals surface area contributed by atoms with Crippen LogP contribution < -0.4 is 16.4 Å². The summed E-state index contributed by atoms with van der Waals surface area (Å²) in [6.45, 7) is 3.77. The minimum absolute atomic E-state index is 0.157. The summed E-state index contributed by atoms with van der Waals surface area (Å²) in [4.78, 5) is 11.5. The molecule has 0 bridgehead atoms. The third-order valence-electron chi connectivity index (χ3n) is 2.83. The Balaban J connectivity index is 2.37. The maximum Gasteiger partial charge on any atom is 0.228 e. The van der Waals surface area contributed by atoms with Gasteiger partial charge in [-0.2, -0.15) is 0 Å². The van der Waals surface area contributed by atoms with Gasteiger partial charge in [0.2, 0.25) is 5.91 Å². The minimum atomic E-state index is -0.596. The number of phenols is 1. The number of hydrogen-bond acceptors (Lipinski definition) is 3. The zero-order valence-electron chi connectivity index (χ0n) is 9.51. The molecule has 5 nitrogen and oxygen atoms in total. The van der Waals surface area contributed by atoms with Crippen molar-refractivity contribution in [1.82, 2.24) is 10.6 Å². The highest BCUT2D eigenvalue weighted by Gasteiger charge is 2.35. The van der Waals surface area contributed by atoms with E-state index in [4.69, 9.17) is 18.0 Å². The molecule has 6 heteroatoms. The van der Waals surface area contributed by atoms with Crippen LogP contribution in [0.5, 0.6) is 5.75 Å². The number of aromatic hydroxyl groups is 1. The van der Waals surface area contributed by atoms with Crippen molar-refractivity contribution in [3.8, 4) is 5.75 Å². The van der Waals surface area contributed by atoms with Crippen LogP contribution in [-0.2, 0) is 4.79 Å². The first-order valence-electron chi connectivity index (χ1n) is 5.33. The molecule has 5 N–H and O–H groups in total. The Labute approximate surface area is 110 Å². The van der Waals surface area contributed by atoms with E-state index in [-0.39, 0.29) is 11.8 Å². The summed E-state index contributed by atoms with van der Waals surface area (Å²) < 4.78 is 0. The first kappa shape index (κ1) is 12.4. The van der Waals surface area contributed by atoms with Crippen LogP contribution in [0.4, 0.5) is 0 Å². The van der Waals surface area contributed by atoms with Crippen molar-refractivity contribution in [2.24, 2.45) is 11.7 Å². The van der Waals surface area contributed by atoms with Gasteiger partial charge in [0.05, 0.1) is 6.04 Å². The highest BCUT2D eigenvalue weighted by Crippen LogP contribution is 2.29. The van der Waals surface area contributed by atoms with E-state index in [1.807, 2.05) is 0 Å². The summed E-state index contributed by atoms with van der Waals surface area (Å²) >= 11 is 5.04. The van der Waals surface area contributed by atoms with Crippen LogP contribution in [0, 0.1) is 5.92 Å². The molecule has 1 aromatic carbocycles. The Hall–Kier alpha value is -2.08. The molecule has 0 radical (unpaired) electrons. The Morgan fingerprint density at radius 3 is 2.56 bits per heavy atom. The Morgan fingerprint density at radius 1 is 1.39 bits per heavy atom. The van der Waals surface area contributed by atoms with Gasteiger partial charge in [-0.1, -0.05) is 18.7 Å². The fraction of sp³-hybridized carbons (Fsp3) is 0.167. The number of benzene rings is 1. The second-order valence-corrected chi connectivity index (χ2v) is 4.48. The second-order valence-electron chi connectivity index (χ2n) is 4.07. The fourth-order valence-corrected chi connectivity index (χ4v) is 2.24. The Kier molecular flexibility index (Phi) is 3.20. The third-order valence-corrected chi connectivity index (χ3v) is 3.05. The average Bonchev–Trinajstić information content (AvgIpc) is 2.28. The molecule has 94 valence electrons. The molecular formula is C12H13N3O2S. The Bertz CT molecular complexity index is 513. The number of carbonyl (C=O) groups excluding carboxylic acids is 1. The van der Waals surface area contributed by atoms with Crippen molar-refractivity contribution in [3.63, 3.8) is 0 Å². The normalized spacial score (nSPS) is 23.1. The summed E-state index contributed by atoms with van der Waals surface area (Å²) in [5, 5.41) is 15.5. The molecule has 1 fully saturated rings. The molecule has 1 heterocycles. The summed E-state index contributed by atoms with van der Waals surface area (Å²) in [6.07, 6.45) is 0. The minimum Gasteiger partial charge on any atom is -0.508 e. The van der Waals surface area contributed by atoms with E-state index in [0.29, 0.717) is 10.8 Å². The predicted molar refractivity (Wildman–Crippen MR) is 71.5 cm³/mol. The molecule has 0 spiro atoms. The second kappa shape index (κ2) is 4.66. The van der Waals surface area contributed by atoms with Gasteiger partial charge >= 0.3 is 0 Å². The molecule has 1 saturated heterocycles. The number of amides is 1. The van der Waals surface area contributed by atoms with Crippen molar-refractivity contribution in [3.05, 3.63) is 42.1 Å². The molecule has 2 unspecified atom stereocenters. The number of thiocarbonyl (C=S) groups is 1. The molecule has 18 heavy (non-hydrogen) atoms. The lowest BCUT2D eigenvalue weighted by atomic mass is 9.88. The van der Waals surface area contributed by atoms with Crippen LogP contribution in [-0.4, -0.2) is 16.1 Å². The van der Waals surface area contributed by atoms with Crippen LogP contribution in [0.2, 0.25) is 0 Å². The summed E-state index contributed by atoms with van der Waals surface area (Å²) in [5.74, 6) is -0.925. The maximum absolute atomic E-state index is 11.5. The molecule has 1 amide bonds. The van der Waals surface area contributed by atoms with E-state index < -0.39 is 11.8 Å². The van der Waals surface area contributed by atoms with Gasteiger partial charge in [-0.25, -0.2) is 0 Å². The molecule has 1 aliphatic heterocycles. The van der Waals surface area contributed by atoms with Gasteiger partial charge in [0.15, 0.2) is 5.11 Å².